The van der Waals surface area contributed by atoms with Gasteiger partial charge in [0, 0.05) is 60.1 Å². The van der Waals surface area contributed by atoms with Gasteiger partial charge in [0.25, 0.3) is 0 Å². The van der Waals surface area contributed by atoms with Gasteiger partial charge < -0.3 is 15.7 Å². The molecule has 1 fully saturated rings. The van der Waals surface area contributed by atoms with Crippen LogP contribution < -0.4 is 16.0 Å². The zero-order valence-electron chi connectivity index (χ0n) is 19.7. The van der Waals surface area contributed by atoms with Crippen LogP contribution in [0.5, 0.6) is 0 Å². The minimum Gasteiger partial charge on any atom is -0.395 e. The maximum atomic E-state index is 14.4. The zero-order valence-corrected chi connectivity index (χ0v) is 21.3. The molecule has 0 spiro atoms. The highest BCUT2D eigenvalue weighted by molar-refractivity contribution is 7.99. The van der Waals surface area contributed by atoms with Crippen molar-refractivity contribution in [3.8, 4) is 0 Å². The Morgan fingerprint density at radius 1 is 1.25 bits per heavy atom. The lowest BCUT2D eigenvalue weighted by molar-refractivity contribution is 0.152. The first-order chi connectivity index (χ1) is 17.6. The number of urea groups is 1. The van der Waals surface area contributed by atoms with Crippen LogP contribution in [0.3, 0.4) is 0 Å². The SMILES string of the molecule is O=C(Nc1ccc(F)c(CN2CCC[C@H]2CO)c1)Nc1ncc(CCNc2ncnc3c2SCC3)s1. The highest BCUT2D eigenvalue weighted by Crippen LogP contribution is 2.34. The van der Waals surface area contributed by atoms with Crippen LogP contribution in [0.25, 0.3) is 0 Å². The number of aromatic nitrogens is 3. The van der Waals surface area contributed by atoms with Gasteiger partial charge in [-0.2, -0.15) is 0 Å². The van der Waals surface area contributed by atoms with Crippen molar-refractivity contribution in [2.75, 3.05) is 41.4 Å². The molecule has 2 amide bonds. The van der Waals surface area contributed by atoms with Gasteiger partial charge >= 0.3 is 6.03 Å². The predicted molar refractivity (Wildman–Crippen MR) is 140 cm³/mol. The summed E-state index contributed by atoms with van der Waals surface area (Å²) in [5.41, 5.74) is 2.09. The number of thiazole rings is 1. The van der Waals surface area contributed by atoms with Crippen LogP contribution in [0.15, 0.2) is 35.6 Å². The number of aliphatic hydroxyl groups excluding tert-OH is 1. The van der Waals surface area contributed by atoms with E-state index < -0.39 is 6.03 Å². The van der Waals surface area contributed by atoms with Crippen molar-refractivity contribution in [2.45, 2.75) is 43.2 Å². The van der Waals surface area contributed by atoms with E-state index in [1.807, 2.05) is 0 Å². The van der Waals surface area contributed by atoms with Crippen LogP contribution in [0, 0.1) is 5.82 Å². The van der Waals surface area contributed by atoms with E-state index in [1.54, 1.807) is 30.4 Å². The number of benzene rings is 1. The van der Waals surface area contributed by atoms with Crippen LogP contribution in [-0.4, -0.2) is 62.5 Å². The maximum Gasteiger partial charge on any atom is 0.325 e. The number of fused-ring (bicyclic) bond motifs is 1. The number of likely N-dealkylation sites (tertiary alicyclic amines) is 1. The second-order valence-electron chi connectivity index (χ2n) is 8.74. The number of nitrogens with one attached hydrogen (secondary N) is 3. The highest BCUT2D eigenvalue weighted by Gasteiger charge is 2.24. The summed E-state index contributed by atoms with van der Waals surface area (Å²) in [6.45, 7) is 1.99. The summed E-state index contributed by atoms with van der Waals surface area (Å²) in [4.78, 5) is 29.7. The van der Waals surface area contributed by atoms with Gasteiger partial charge in [-0.25, -0.2) is 24.1 Å². The molecule has 0 aliphatic carbocycles. The number of nitrogens with zero attached hydrogens (tertiary/aromatic N) is 4. The molecule has 190 valence electrons. The number of hydrogen-bond donors (Lipinski definition) is 4. The Balaban J connectivity index is 1.12. The summed E-state index contributed by atoms with van der Waals surface area (Å²) in [7, 11) is 0. The molecule has 0 saturated carbocycles. The van der Waals surface area contributed by atoms with Crippen molar-refractivity contribution in [1.82, 2.24) is 19.9 Å². The standard InChI is InChI=1S/C24H28FN7O2S2/c25-19-4-3-16(10-15(19)12-32-8-1-2-17(32)13-33)30-23(34)31-24-27-11-18(36-24)5-7-26-22-21-20(6-9-35-21)28-14-29-22/h3-4,10-11,14,17,33H,1-2,5-9,12-13H2,(H,26,28,29)(H2,27,30,31,34)/t17-/m0/s1. The quantitative estimate of drug-likeness (QED) is 0.329. The number of hydrogen-bond acceptors (Lipinski definition) is 9. The minimum absolute atomic E-state index is 0.0549. The second kappa shape index (κ2) is 11.5. The third kappa shape index (κ3) is 5.94. The summed E-state index contributed by atoms with van der Waals surface area (Å²) in [6.07, 6.45) is 6.97. The molecular formula is C24H28FN7O2S2. The molecule has 9 nitrogen and oxygen atoms in total. The average molecular weight is 530 g/mol. The average Bonchev–Trinajstić information content (AvgIpc) is 3.62. The summed E-state index contributed by atoms with van der Waals surface area (Å²) in [5, 5.41) is 18.9. The predicted octanol–water partition coefficient (Wildman–Crippen LogP) is 3.98. The second-order valence-corrected chi connectivity index (χ2v) is 11.0. The van der Waals surface area contributed by atoms with Crippen LogP contribution in [0.2, 0.25) is 0 Å². The van der Waals surface area contributed by atoms with Gasteiger partial charge in [0.2, 0.25) is 0 Å². The van der Waals surface area contributed by atoms with Crippen molar-refractivity contribution < 1.29 is 14.3 Å². The van der Waals surface area contributed by atoms with Crippen LogP contribution in [-0.2, 0) is 19.4 Å². The molecule has 3 aromatic rings. The van der Waals surface area contributed by atoms with Crippen LogP contribution in [0.4, 0.5) is 25.8 Å². The van der Waals surface area contributed by atoms with E-state index in [4.69, 9.17) is 0 Å². The van der Waals surface area contributed by atoms with E-state index in [2.05, 4.69) is 35.8 Å². The maximum absolute atomic E-state index is 14.4. The Morgan fingerprint density at radius 2 is 2.17 bits per heavy atom. The summed E-state index contributed by atoms with van der Waals surface area (Å²) >= 11 is 3.19. The monoisotopic (exact) mass is 529 g/mol. The fourth-order valence-corrected chi connectivity index (χ4v) is 6.35. The van der Waals surface area contributed by atoms with Crippen molar-refractivity contribution in [3.05, 3.63) is 52.7 Å². The normalized spacial score (nSPS) is 17.2. The van der Waals surface area contributed by atoms with Gasteiger partial charge in [0.1, 0.15) is 18.0 Å². The molecule has 0 radical (unpaired) electrons. The van der Waals surface area contributed by atoms with E-state index in [0.717, 1.165) is 59.3 Å². The number of carbonyl (C=O) groups is 1. The van der Waals surface area contributed by atoms with Gasteiger partial charge in [-0.05, 0) is 37.6 Å². The molecule has 2 aliphatic heterocycles. The number of anilines is 3. The molecule has 4 N–H and O–H groups in total. The van der Waals surface area contributed by atoms with Crippen molar-refractivity contribution >= 4 is 45.8 Å². The van der Waals surface area contributed by atoms with E-state index in [9.17, 15) is 14.3 Å². The van der Waals surface area contributed by atoms with Crippen LogP contribution in [0.1, 0.15) is 29.0 Å². The molecule has 0 unspecified atom stereocenters. The third-order valence-corrected chi connectivity index (χ3v) is 8.39. The molecule has 1 aromatic carbocycles. The van der Waals surface area contributed by atoms with Crippen molar-refractivity contribution in [3.63, 3.8) is 0 Å². The summed E-state index contributed by atoms with van der Waals surface area (Å²) in [5.74, 6) is 1.59. The van der Waals surface area contributed by atoms with Gasteiger partial charge in [-0.15, -0.1) is 23.1 Å². The molecule has 1 atom stereocenters. The molecule has 0 bridgehead atoms. The Labute approximate surface area is 217 Å². The fraction of sp³-hybridized carbons (Fsp3) is 0.417. The van der Waals surface area contributed by atoms with Crippen molar-refractivity contribution in [2.24, 2.45) is 0 Å². The Morgan fingerprint density at radius 3 is 3.06 bits per heavy atom. The van der Waals surface area contributed by atoms with Crippen LogP contribution >= 0.6 is 23.1 Å². The Kier molecular flexibility index (Phi) is 7.95. The largest absolute Gasteiger partial charge is 0.395 e. The van der Waals surface area contributed by atoms with E-state index in [-0.39, 0.29) is 18.5 Å². The van der Waals surface area contributed by atoms with E-state index >= 15 is 0 Å². The first kappa shape index (κ1) is 24.9. The lowest BCUT2D eigenvalue weighted by atomic mass is 10.1. The molecular weight excluding hydrogens is 501 g/mol. The number of carbonyl (C=O) groups excluding carboxylic acids is 1. The summed E-state index contributed by atoms with van der Waals surface area (Å²) < 4.78 is 14.4. The fourth-order valence-electron chi connectivity index (χ4n) is 4.46. The minimum atomic E-state index is -0.436. The lowest BCUT2D eigenvalue weighted by Gasteiger charge is -2.23. The first-order valence-corrected chi connectivity index (χ1v) is 13.8. The molecule has 2 aliphatic rings. The first-order valence-electron chi connectivity index (χ1n) is 12.0. The number of rotatable bonds is 9. The number of aliphatic hydroxyl groups is 1. The van der Waals surface area contributed by atoms with Gasteiger partial charge in [-0.1, -0.05) is 0 Å². The smallest absolute Gasteiger partial charge is 0.325 e. The molecule has 1 saturated heterocycles. The highest BCUT2D eigenvalue weighted by atomic mass is 32.2. The summed E-state index contributed by atoms with van der Waals surface area (Å²) in [6, 6.07) is 4.15. The molecule has 36 heavy (non-hydrogen) atoms. The lowest BCUT2D eigenvalue weighted by Crippen LogP contribution is -2.32. The third-order valence-electron chi connectivity index (χ3n) is 6.29. The van der Waals surface area contributed by atoms with Gasteiger partial charge in [-0.3, -0.25) is 10.2 Å². The number of halogens is 1. The topological polar surface area (TPSA) is 115 Å². The van der Waals surface area contributed by atoms with E-state index in [1.165, 1.54) is 23.5 Å². The Hall–Kier alpha value is -2.80. The molecule has 4 heterocycles. The zero-order chi connectivity index (χ0) is 24.9. The number of thioether (sulfide) groups is 1. The molecule has 5 rings (SSSR count). The number of amides is 2. The molecule has 12 heteroatoms. The van der Waals surface area contributed by atoms with Crippen molar-refractivity contribution in [1.29, 1.82) is 0 Å². The number of aryl methyl sites for hydroxylation is 1. The molecule has 2 aromatic heterocycles. The van der Waals surface area contributed by atoms with Gasteiger partial charge in [0.05, 0.1) is 17.2 Å². The van der Waals surface area contributed by atoms with Gasteiger partial charge in [0.15, 0.2) is 5.13 Å². The Bertz CT molecular complexity index is 1220. The van der Waals surface area contributed by atoms with E-state index in [0.29, 0.717) is 29.5 Å².